The van der Waals surface area contributed by atoms with Gasteiger partial charge in [0.1, 0.15) is 0 Å². The summed E-state index contributed by atoms with van der Waals surface area (Å²) >= 11 is 0. The second-order valence-electron chi connectivity index (χ2n) is 8.45. The molecule has 0 atom stereocenters. The molecule has 1 aliphatic heterocycles. The molecule has 3 rings (SSSR count). The summed E-state index contributed by atoms with van der Waals surface area (Å²) in [6, 6.07) is 8.22. The first-order chi connectivity index (χ1) is 14.8. The molecular formula is C24H31N3O4. The van der Waals surface area contributed by atoms with E-state index in [1.165, 1.54) is 4.57 Å². The zero-order chi connectivity index (χ0) is 22.5. The number of nitrogens with zero attached hydrogens (tertiary/aromatic N) is 2. The molecule has 2 heterocycles. The van der Waals surface area contributed by atoms with Gasteiger partial charge in [0.05, 0.1) is 24.4 Å². The SMILES string of the molecule is Cc1cccc(C2=C(CCC(C)C)c3c(n(C)c(=O)n(CCCOC=O)c3=O)CN2)c1. The van der Waals surface area contributed by atoms with Crippen LogP contribution in [-0.4, -0.2) is 22.2 Å². The van der Waals surface area contributed by atoms with Crippen molar-refractivity contribution in [2.75, 3.05) is 6.61 Å². The monoisotopic (exact) mass is 425 g/mol. The third-order valence-electron chi connectivity index (χ3n) is 5.70. The molecule has 1 N–H and O–H groups in total. The van der Waals surface area contributed by atoms with Gasteiger partial charge < -0.3 is 10.1 Å². The molecular weight excluding hydrogens is 394 g/mol. The number of allylic oxidation sites excluding steroid dienone is 1. The second kappa shape index (κ2) is 9.81. The molecule has 7 nitrogen and oxygen atoms in total. The van der Waals surface area contributed by atoms with Gasteiger partial charge in [-0.25, -0.2) is 4.79 Å². The average molecular weight is 426 g/mol. The van der Waals surface area contributed by atoms with Crippen LogP contribution in [0.5, 0.6) is 0 Å². The minimum Gasteiger partial charge on any atom is -0.468 e. The van der Waals surface area contributed by atoms with Gasteiger partial charge in [-0.2, -0.15) is 0 Å². The fraction of sp³-hybridized carbons (Fsp3) is 0.458. The highest BCUT2D eigenvalue weighted by molar-refractivity contribution is 5.91. The molecule has 0 aliphatic carbocycles. The fourth-order valence-corrected chi connectivity index (χ4v) is 4.03. The standard InChI is InChI=1S/C24H31N3O4/c1-16(2)9-10-19-21-20(14-25-22(19)18-8-5-7-17(3)13-18)26(4)24(30)27(23(21)29)11-6-12-31-15-28/h5,7-8,13,15-16,25H,6,9-12,14H2,1-4H3. The van der Waals surface area contributed by atoms with E-state index in [4.69, 9.17) is 4.74 Å². The summed E-state index contributed by atoms with van der Waals surface area (Å²) in [4.78, 5) is 36.8. The molecule has 0 amide bonds. The normalized spacial score (nSPS) is 13.2. The Morgan fingerprint density at radius 1 is 1.26 bits per heavy atom. The van der Waals surface area contributed by atoms with E-state index in [9.17, 15) is 14.4 Å². The van der Waals surface area contributed by atoms with Gasteiger partial charge in [0.2, 0.25) is 0 Å². The van der Waals surface area contributed by atoms with Crippen molar-refractivity contribution in [1.29, 1.82) is 0 Å². The zero-order valence-electron chi connectivity index (χ0n) is 18.7. The number of carbonyl (C=O) groups excluding carboxylic acids is 1. The third-order valence-corrected chi connectivity index (χ3v) is 5.70. The van der Waals surface area contributed by atoms with E-state index in [1.807, 2.05) is 25.1 Å². The number of nitrogens with one attached hydrogen (secondary N) is 1. The maximum Gasteiger partial charge on any atom is 0.331 e. The van der Waals surface area contributed by atoms with Gasteiger partial charge >= 0.3 is 5.69 Å². The lowest BCUT2D eigenvalue weighted by Crippen LogP contribution is -2.45. The molecule has 0 radical (unpaired) electrons. The molecule has 0 bridgehead atoms. The highest BCUT2D eigenvalue weighted by Crippen LogP contribution is 2.33. The Labute approximate surface area is 182 Å². The Morgan fingerprint density at radius 2 is 2.03 bits per heavy atom. The molecule has 7 heteroatoms. The van der Waals surface area contributed by atoms with Crippen LogP contribution >= 0.6 is 0 Å². The van der Waals surface area contributed by atoms with Gasteiger partial charge in [0.15, 0.2) is 0 Å². The third kappa shape index (κ3) is 4.81. The van der Waals surface area contributed by atoms with Crippen molar-refractivity contribution in [2.24, 2.45) is 13.0 Å². The minimum atomic E-state index is -0.348. The van der Waals surface area contributed by atoms with Crippen LogP contribution in [0.3, 0.4) is 0 Å². The summed E-state index contributed by atoms with van der Waals surface area (Å²) in [7, 11) is 1.71. The molecule has 0 spiro atoms. The first-order valence-corrected chi connectivity index (χ1v) is 10.8. The maximum absolute atomic E-state index is 13.5. The fourth-order valence-electron chi connectivity index (χ4n) is 4.03. The number of aryl methyl sites for hydroxylation is 1. The summed E-state index contributed by atoms with van der Waals surface area (Å²) in [5, 5.41) is 3.48. The molecule has 0 saturated heterocycles. The van der Waals surface area contributed by atoms with E-state index < -0.39 is 0 Å². The first-order valence-electron chi connectivity index (χ1n) is 10.8. The molecule has 0 saturated carbocycles. The van der Waals surface area contributed by atoms with Crippen LogP contribution in [0.4, 0.5) is 0 Å². The number of benzene rings is 1. The van der Waals surface area contributed by atoms with Crippen molar-refractivity contribution in [2.45, 2.75) is 53.1 Å². The van der Waals surface area contributed by atoms with Crippen LogP contribution < -0.4 is 16.6 Å². The largest absolute Gasteiger partial charge is 0.468 e. The lowest BCUT2D eigenvalue weighted by Gasteiger charge is -2.28. The number of fused-ring (bicyclic) bond motifs is 1. The quantitative estimate of drug-likeness (QED) is 0.494. The summed E-state index contributed by atoms with van der Waals surface area (Å²) < 4.78 is 7.55. The van der Waals surface area contributed by atoms with Crippen molar-refractivity contribution >= 4 is 17.7 Å². The van der Waals surface area contributed by atoms with E-state index >= 15 is 0 Å². The number of ether oxygens (including phenoxy) is 1. The Morgan fingerprint density at radius 3 is 2.71 bits per heavy atom. The summed E-state index contributed by atoms with van der Waals surface area (Å²) in [6.45, 7) is 7.54. The molecule has 166 valence electrons. The van der Waals surface area contributed by atoms with Crippen molar-refractivity contribution in [3.05, 3.63) is 67.5 Å². The highest BCUT2D eigenvalue weighted by Gasteiger charge is 2.27. The average Bonchev–Trinajstić information content (AvgIpc) is 2.75. The van der Waals surface area contributed by atoms with Crippen LogP contribution in [0.25, 0.3) is 11.3 Å². The molecule has 2 aromatic rings. The second-order valence-corrected chi connectivity index (χ2v) is 8.45. The Balaban J connectivity index is 2.18. The minimum absolute atomic E-state index is 0.169. The molecule has 0 unspecified atom stereocenters. The molecule has 31 heavy (non-hydrogen) atoms. The molecule has 1 aromatic heterocycles. The van der Waals surface area contributed by atoms with E-state index in [2.05, 4.69) is 25.2 Å². The van der Waals surface area contributed by atoms with Gasteiger partial charge in [0.25, 0.3) is 12.0 Å². The van der Waals surface area contributed by atoms with Gasteiger partial charge in [0, 0.05) is 19.3 Å². The number of hydrogen-bond donors (Lipinski definition) is 1. The topological polar surface area (TPSA) is 82.3 Å². The van der Waals surface area contributed by atoms with Gasteiger partial charge in [-0.15, -0.1) is 0 Å². The first kappa shape index (κ1) is 22.6. The number of hydrogen-bond acceptors (Lipinski definition) is 5. The van der Waals surface area contributed by atoms with Crippen LogP contribution in [0, 0.1) is 12.8 Å². The van der Waals surface area contributed by atoms with Crippen LogP contribution in [0.15, 0.2) is 33.9 Å². The lowest BCUT2D eigenvalue weighted by molar-refractivity contribution is -0.128. The van der Waals surface area contributed by atoms with Crippen molar-refractivity contribution < 1.29 is 9.53 Å². The Kier molecular flexibility index (Phi) is 7.15. The van der Waals surface area contributed by atoms with Gasteiger partial charge in [-0.3, -0.25) is 18.7 Å². The van der Waals surface area contributed by atoms with Crippen LogP contribution in [0.1, 0.15) is 55.5 Å². The number of rotatable bonds is 9. The summed E-state index contributed by atoms with van der Waals surface area (Å²) in [5.41, 5.74) is 4.83. The van der Waals surface area contributed by atoms with E-state index in [0.29, 0.717) is 36.6 Å². The van der Waals surface area contributed by atoms with Gasteiger partial charge in [-0.1, -0.05) is 37.6 Å². The van der Waals surface area contributed by atoms with Crippen LogP contribution in [0.2, 0.25) is 0 Å². The van der Waals surface area contributed by atoms with Crippen LogP contribution in [-0.2, 0) is 29.7 Å². The van der Waals surface area contributed by atoms with Gasteiger partial charge in [-0.05, 0) is 49.3 Å². The smallest absolute Gasteiger partial charge is 0.331 e. The maximum atomic E-state index is 13.5. The van der Waals surface area contributed by atoms with Crippen molar-refractivity contribution in [1.82, 2.24) is 14.5 Å². The van der Waals surface area contributed by atoms with Crippen molar-refractivity contribution in [3.63, 3.8) is 0 Å². The Bertz CT molecular complexity index is 1110. The highest BCUT2D eigenvalue weighted by atomic mass is 16.5. The molecule has 1 aromatic carbocycles. The molecule has 0 fully saturated rings. The Hall–Kier alpha value is -3.09. The van der Waals surface area contributed by atoms with E-state index in [0.717, 1.165) is 35.2 Å². The lowest BCUT2D eigenvalue weighted by atomic mass is 9.89. The predicted octanol–water partition coefficient (Wildman–Crippen LogP) is 2.83. The molecule has 1 aliphatic rings. The predicted molar refractivity (Wildman–Crippen MR) is 121 cm³/mol. The number of aromatic nitrogens is 2. The summed E-state index contributed by atoms with van der Waals surface area (Å²) in [5.74, 6) is 0.479. The summed E-state index contributed by atoms with van der Waals surface area (Å²) in [6.07, 6.45) is 2.07. The van der Waals surface area contributed by atoms with E-state index in [1.54, 1.807) is 11.6 Å². The van der Waals surface area contributed by atoms with E-state index in [-0.39, 0.29) is 24.4 Å². The zero-order valence-corrected chi connectivity index (χ0v) is 18.7. The van der Waals surface area contributed by atoms with Crippen molar-refractivity contribution in [3.8, 4) is 0 Å². The number of carbonyl (C=O) groups is 1.